The molecule has 0 aromatic carbocycles. The summed E-state index contributed by atoms with van der Waals surface area (Å²) in [7, 11) is 0. The van der Waals surface area contributed by atoms with Crippen molar-refractivity contribution in [3.8, 4) is 0 Å². The zero-order valence-corrected chi connectivity index (χ0v) is 18.3. The Balaban J connectivity index is -0.000000372. The van der Waals surface area contributed by atoms with Crippen LogP contribution in [0.3, 0.4) is 0 Å². The summed E-state index contributed by atoms with van der Waals surface area (Å²) in [6.07, 6.45) is 27.9. The molecule has 0 rings (SSSR count). The van der Waals surface area contributed by atoms with Crippen molar-refractivity contribution < 1.29 is 16.5 Å². The van der Waals surface area contributed by atoms with Crippen LogP contribution in [0, 0.1) is 13.2 Å². The second kappa shape index (κ2) is 31.7. The molecule has 1 heteroatoms. The van der Waals surface area contributed by atoms with Gasteiger partial charge in [0, 0.05) is 0 Å². The molecule has 0 radical (unpaired) electrons. The Labute approximate surface area is 171 Å². The smallest absolute Gasteiger partial charge is 0.518 e. The van der Waals surface area contributed by atoms with Crippen LogP contribution in [0.4, 0.5) is 0 Å². The van der Waals surface area contributed by atoms with Gasteiger partial charge in [-0.25, -0.2) is 0 Å². The zero-order valence-electron chi connectivity index (χ0n) is 17.4. The Bertz CT molecular complexity index is 198. The number of hydrogen-bond donors (Lipinski definition) is 0. The third-order valence-corrected chi connectivity index (χ3v) is 4.45. The van der Waals surface area contributed by atoms with Crippen molar-refractivity contribution >= 4 is 0 Å². The molecule has 0 spiro atoms. The van der Waals surface area contributed by atoms with E-state index < -0.39 is 0 Å². The van der Waals surface area contributed by atoms with Crippen molar-refractivity contribution in [2.45, 2.75) is 129 Å². The average molecular weight is 393 g/mol. The topological polar surface area (TPSA) is 0 Å². The first-order valence-corrected chi connectivity index (χ1v) is 10.9. The van der Waals surface area contributed by atoms with E-state index in [-0.39, 0.29) is 16.5 Å². The molecule has 152 valence electrons. The standard InChI is InChI=1S/2C12H23.Ni/c2*1-3-5-7-9-11-12-10-8-6-4-2;/h2*1,3H,4-12H2,2H3;/q2*-1;+2. The summed E-state index contributed by atoms with van der Waals surface area (Å²) in [4.78, 5) is 0. The second-order valence-electron chi connectivity index (χ2n) is 7.00. The molecule has 0 aliphatic rings. The van der Waals surface area contributed by atoms with Gasteiger partial charge in [-0.3, -0.25) is 12.2 Å². The van der Waals surface area contributed by atoms with Crippen molar-refractivity contribution in [2.24, 2.45) is 0 Å². The van der Waals surface area contributed by atoms with E-state index in [1.54, 1.807) is 12.2 Å². The van der Waals surface area contributed by atoms with E-state index in [2.05, 4.69) is 13.8 Å². The van der Waals surface area contributed by atoms with Gasteiger partial charge >= 0.3 is 16.5 Å². The van der Waals surface area contributed by atoms with Crippen molar-refractivity contribution in [3.63, 3.8) is 0 Å². The van der Waals surface area contributed by atoms with Gasteiger partial charge in [0.1, 0.15) is 0 Å². The van der Waals surface area contributed by atoms with Gasteiger partial charge in [0.2, 0.25) is 0 Å². The molecule has 0 fully saturated rings. The normalized spacial score (nSPS) is 9.68. The Morgan fingerprint density at radius 1 is 0.440 bits per heavy atom. The fourth-order valence-electron chi connectivity index (χ4n) is 2.79. The molecule has 0 saturated carbocycles. The number of allylic oxidation sites excluding steroid dienone is 2. The number of unbranched alkanes of at least 4 members (excludes halogenated alkanes) is 16. The van der Waals surface area contributed by atoms with Gasteiger partial charge in [-0.1, -0.05) is 129 Å². The monoisotopic (exact) mass is 392 g/mol. The molecular weight excluding hydrogens is 347 g/mol. The molecule has 0 saturated heterocycles. The number of hydrogen-bond acceptors (Lipinski definition) is 0. The molecular formula is C24H46Ni. The van der Waals surface area contributed by atoms with Crippen LogP contribution in [0.2, 0.25) is 0 Å². The van der Waals surface area contributed by atoms with Crippen LogP contribution in [0.15, 0.2) is 12.2 Å². The molecule has 0 amide bonds. The predicted octanol–water partition coefficient (Wildman–Crippen LogP) is 9.01. The van der Waals surface area contributed by atoms with E-state index in [4.69, 9.17) is 13.2 Å². The molecule has 0 aliphatic carbocycles. The first-order valence-electron chi connectivity index (χ1n) is 10.9. The van der Waals surface area contributed by atoms with Crippen LogP contribution in [0.25, 0.3) is 0 Å². The van der Waals surface area contributed by atoms with Crippen LogP contribution in [-0.2, 0) is 16.5 Å². The fourth-order valence-corrected chi connectivity index (χ4v) is 2.79. The molecule has 0 bridgehead atoms. The number of rotatable bonds is 18. The van der Waals surface area contributed by atoms with E-state index in [1.807, 2.05) is 0 Å². The van der Waals surface area contributed by atoms with Gasteiger partial charge < -0.3 is 13.2 Å². The van der Waals surface area contributed by atoms with Crippen LogP contribution in [0.1, 0.15) is 129 Å². The molecule has 0 atom stereocenters. The minimum Gasteiger partial charge on any atom is -0.518 e. The maximum Gasteiger partial charge on any atom is 2.00 e. The van der Waals surface area contributed by atoms with Crippen LogP contribution in [0.5, 0.6) is 0 Å². The van der Waals surface area contributed by atoms with Crippen molar-refractivity contribution in [1.82, 2.24) is 0 Å². The summed E-state index contributed by atoms with van der Waals surface area (Å²) in [5, 5.41) is 0. The molecule has 25 heavy (non-hydrogen) atoms. The van der Waals surface area contributed by atoms with Gasteiger partial charge in [-0.2, -0.15) is 0 Å². The molecule has 0 aliphatic heterocycles. The molecule has 0 nitrogen and oxygen atoms in total. The molecule has 0 N–H and O–H groups in total. The van der Waals surface area contributed by atoms with Crippen LogP contribution >= 0.6 is 0 Å². The summed E-state index contributed by atoms with van der Waals surface area (Å²) < 4.78 is 0. The minimum absolute atomic E-state index is 0. The summed E-state index contributed by atoms with van der Waals surface area (Å²) in [5.41, 5.74) is 0. The van der Waals surface area contributed by atoms with Gasteiger partial charge in [-0.05, 0) is 0 Å². The Morgan fingerprint density at radius 3 is 0.920 bits per heavy atom. The van der Waals surface area contributed by atoms with Gasteiger partial charge in [0.15, 0.2) is 0 Å². The summed E-state index contributed by atoms with van der Waals surface area (Å²) >= 11 is 0. The van der Waals surface area contributed by atoms with Crippen LogP contribution < -0.4 is 0 Å². The first kappa shape index (κ1) is 29.7. The summed E-state index contributed by atoms with van der Waals surface area (Å²) in [6.45, 7) is 15.1. The Kier molecular flexibility index (Phi) is 37.7. The maximum atomic E-state index is 5.28. The van der Waals surface area contributed by atoms with Crippen molar-refractivity contribution in [2.75, 3.05) is 0 Å². The SMILES string of the molecule is [CH-]=CCCCCCCCCCC.[CH-]=CCCCCCCCCCC.[Ni+2]. The van der Waals surface area contributed by atoms with E-state index >= 15 is 0 Å². The molecule has 0 heterocycles. The minimum atomic E-state index is 0. The van der Waals surface area contributed by atoms with Gasteiger partial charge in [0.05, 0.1) is 0 Å². The molecule has 0 aromatic heterocycles. The van der Waals surface area contributed by atoms with E-state index in [1.165, 1.54) is 103 Å². The molecule has 0 aromatic rings. The van der Waals surface area contributed by atoms with Crippen LogP contribution in [-0.4, -0.2) is 0 Å². The van der Waals surface area contributed by atoms with E-state index in [0.717, 1.165) is 12.8 Å². The molecule has 0 unspecified atom stereocenters. The zero-order chi connectivity index (χ0) is 18.1. The van der Waals surface area contributed by atoms with Gasteiger partial charge in [0.25, 0.3) is 0 Å². The third-order valence-electron chi connectivity index (χ3n) is 4.45. The largest absolute Gasteiger partial charge is 2.00 e. The Morgan fingerprint density at radius 2 is 0.680 bits per heavy atom. The Hall–Kier alpha value is -0.0265. The van der Waals surface area contributed by atoms with Gasteiger partial charge in [-0.15, -0.1) is 0 Å². The summed E-state index contributed by atoms with van der Waals surface area (Å²) in [6, 6.07) is 0. The average Bonchev–Trinajstić information content (AvgIpc) is 2.60. The van der Waals surface area contributed by atoms with Crippen molar-refractivity contribution in [1.29, 1.82) is 0 Å². The van der Waals surface area contributed by atoms with E-state index in [9.17, 15) is 0 Å². The quantitative estimate of drug-likeness (QED) is 0.124. The second-order valence-corrected chi connectivity index (χ2v) is 7.00. The predicted molar refractivity (Wildman–Crippen MR) is 112 cm³/mol. The maximum absolute atomic E-state index is 5.28. The van der Waals surface area contributed by atoms with E-state index in [0.29, 0.717) is 0 Å². The fraction of sp³-hybridized carbons (Fsp3) is 0.833. The first-order chi connectivity index (χ1) is 11.8. The van der Waals surface area contributed by atoms with Crippen molar-refractivity contribution in [3.05, 3.63) is 25.3 Å². The third kappa shape index (κ3) is 35.8. The summed E-state index contributed by atoms with van der Waals surface area (Å²) in [5.74, 6) is 0.